The van der Waals surface area contributed by atoms with Crippen LogP contribution in [0.4, 0.5) is 4.39 Å². The number of amides is 1. The molecular weight excluding hydrogens is 221 g/mol. The Bertz CT molecular complexity index is 580. The Morgan fingerprint density at radius 3 is 2.87 bits per heavy atom. The van der Waals surface area contributed by atoms with Gasteiger partial charge in [-0.15, -0.1) is 11.6 Å². The molecule has 1 amide bonds. The number of hydrogen-bond acceptors (Lipinski definition) is 2. The summed E-state index contributed by atoms with van der Waals surface area (Å²) < 4.78 is 13.4. The van der Waals surface area contributed by atoms with E-state index in [0.717, 1.165) is 6.07 Å². The lowest BCUT2D eigenvalue weighted by atomic mass is 10.1. The van der Waals surface area contributed by atoms with Gasteiger partial charge in [-0.2, -0.15) is 0 Å². The highest BCUT2D eigenvalue weighted by atomic mass is 35.5. The van der Waals surface area contributed by atoms with Crippen molar-refractivity contribution in [3.05, 3.63) is 34.1 Å². The average molecular weight is 226 g/mol. The van der Waals surface area contributed by atoms with Crippen LogP contribution in [-0.4, -0.2) is 17.6 Å². The second kappa shape index (κ2) is 3.55. The lowest BCUT2D eigenvalue weighted by Crippen LogP contribution is -2.27. The Labute approximate surface area is 88.9 Å². The fourth-order valence-electron chi connectivity index (χ4n) is 1.36. The highest BCUT2D eigenvalue weighted by Gasteiger charge is 2.12. The highest BCUT2D eigenvalue weighted by Crippen LogP contribution is 2.01. The summed E-state index contributed by atoms with van der Waals surface area (Å²) in [5.41, 5.74) is 0.155. The van der Waals surface area contributed by atoms with Crippen LogP contribution in [-0.2, 0) is 4.79 Å². The molecule has 0 aliphatic carbocycles. The smallest absolute Gasteiger partial charge is 0.271 e. The molecule has 1 heterocycles. The number of halogens is 2. The molecule has 0 radical (unpaired) electrons. The number of carbonyl (C=O) groups excluding carboxylic acids is 2. The molecule has 0 aromatic heterocycles. The van der Waals surface area contributed by atoms with Gasteiger partial charge in [0.15, 0.2) is 5.78 Å². The number of benzene rings is 1. The molecule has 0 atom stereocenters. The van der Waals surface area contributed by atoms with Gasteiger partial charge in [-0.3, -0.25) is 9.59 Å². The van der Waals surface area contributed by atoms with E-state index in [1.807, 2.05) is 0 Å². The molecule has 0 unspecified atom stereocenters. The third-order valence-electron chi connectivity index (χ3n) is 2.04. The summed E-state index contributed by atoms with van der Waals surface area (Å²) in [6.45, 7) is 0. The zero-order chi connectivity index (χ0) is 11.0. The molecule has 0 N–H and O–H groups in total. The Morgan fingerprint density at radius 1 is 1.47 bits per heavy atom. The molecule has 3 nitrogen and oxygen atoms in total. The van der Waals surface area contributed by atoms with Gasteiger partial charge >= 0.3 is 0 Å². The van der Waals surface area contributed by atoms with Gasteiger partial charge in [0, 0.05) is 16.9 Å². The molecule has 1 aromatic rings. The Hall–Kier alpha value is -1.55. The van der Waals surface area contributed by atoms with Gasteiger partial charge in [-0.1, -0.05) is 0 Å². The van der Waals surface area contributed by atoms with Gasteiger partial charge < -0.3 is 0 Å². The van der Waals surface area contributed by atoms with E-state index in [9.17, 15) is 14.0 Å². The first-order valence-corrected chi connectivity index (χ1v) is 4.68. The van der Waals surface area contributed by atoms with Crippen LogP contribution in [0, 0.1) is 5.82 Å². The maximum Gasteiger partial charge on any atom is 0.271 e. The normalized spacial score (nSPS) is 13.1. The van der Waals surface area contributed by atoms with Crippen LogP contribution >= 0.6 is 11.6 Å². The summed E-state index contributed by atoms with van der Waals surface area (Å²) in [5.74, 6) is -1.79. The second-order valence-electron chi connectivity index (χ2n) is 3.05. The summed E-state index contributed by atoms with van der Waals surface area (Å²) in [6, 6.07) is 2.46. The molecule has 0 bridgehead atoms. The molecule has 2 rings (SSSR count). The van der Waals surface area contributed by atoms with Crippen molar-refractivity contribution in [3.8, 4) is 0 Å². The zero-order valence-corrected chi connectivity index (χ0v) is 8.21. The zero-order valence-electron chi connectivity index (χ0n) is 7.46. The average Bonchev–Trinajstić information content (AvgIpc) is 2.58. The molecule has 0 saturated heterocycles. The van der Waals surface area contributed by atoms with Crippen molar-refractivity contribution >= 4 is 29.4 Å². The first-order chi connectivity index (χ1) is 7.11. The number of hydrogen-bond donors (Lipinski definition) is 0. The standard InChI is InChI=1S/C10H5ClFNO2/c11-4-8(14)5-1-6-3-9(15)13-10(6)7(12)2-5/h1-3H,4H2. The van der Waals surface area contributed by atoms with Gasteiger partial charge in [0.1, 0.15) is 11.2 Å². The van der Waals surface area contributed by atoms with Gasteiger partial charge in [0.2, 0.25) is 0 Å². The van der Waals surface area contributed by atoms with Crippen LogP contribution in [0.25, 0.3) is 6.08 Å². The first-order valence-electron chi connectivity index (χ1n) is 4.15. The SMILES string of the molecule is O=C1C=c2cc(C(=O)CCl)cc(F)c2=N1. The summed E-state index contributed by atoms with van der Waals surface area (Å²) >= 11 is 5.35. The lowest BCUT2D eigenvalue weighted by molar-refractivity contribution is -0.112. The minimum absolute atomic E-state index is 0.00822. The van der Waals surface area contributed by atoms with Gasteiger partial charge in [-0.25, -0.2) is 9.38 Å². The summed E-state index contributed by atoms with van der Waals surface area (Å²) in [5, 5.41) is 0.319. The lowest BCUT2D eigenvalue weighted by Gasteiger charge is -1.96. The fraction of sp³-hybridized carbons (Fsp3) is 0.100. The highest BCUT2D eigenvalue weighted by molar-refractivity contribution is 6.30. The van der Waals surface area contributed by atoms with E-state index in [0.29, 0.717) is 5.22 Å². The quantitative estimate of drug-likeness (QED) is 0.533. The van der Waals surface area contributed by atoms with E-state index in [1.54, 1.807) is 0 Å². The molecule has 5 heteroatoms. The monoisotopic (exact) mass is 225 g/mol. The van der Waals surface area contributed by atoms with Crippen molar-refractivity contribution in [2.75, 3.05) is 5.88 Å². The van der Waals surface area contributed by atoms with Crippen LogP contribution in [0.15, 0.2) is 17.1 Å². The Morgan fingerprint density at radius 2 is 2.20 bits per heavy atom. The van der Waals surface area contributed by atoms with Crippen molar-refractivity contribution in [1.29, 1.82) is 0 Å². The topological polar surface area (TPSA) is 46.5 Å². The summed E-state index contributed by atoms with van der Waals surface area (Å²) in [4.78, 5) is 25.6. The Kier molecular flexibility index (Phi) is 2.36. The van der Waals surface area contributed by atoms with Crippen molar-refractivity contribution in [2.45, 2.75) is 0 Å². The predicted octanol–water partition coefficient (Wildman–Crippen LogP) is 0.188. The molecule has 1 aliphatic rings. The number of nitrogens with zero attached hydrogens (tertiary/aromatic N) is 1. The van der Waals surface area contributed by atoms with Crippen LogP contribution in [0.2, 0.25) is 0 Å². The minimum Gasteiger partial charge on any atom is -0.293 e. The van der Waals surface area contributed by atoms with E-state index >= 15 is 0 Å². The third-order valence-corrected chi connectivity index (χ3v) is 2.28. The van der Waals surface area contributed by atoms with E-state index in [2.05, 4.69) is 4.99 Å². The van der Waals surface area contributed by atoms with Crippen LogP contribution in [0.3, 0.4) is 0 Å². The molecule has 76 valence electrons. The van der Waals surface area contributed by atoms with E-state index < -0.39 is 11.7 Å². The van der Waals surface area contributed by atoms with Crippen molar-refractivity contribution in [2.24, 2.45) is 4.99 Å². The van der Waals surface area contributed by atoms with Gasteiger partial charge in [0.05, 0.1) is 5.88 Å². The van der Waals surface area contributed by atoms with Gasteiger partial charge in [-0.05, 0) is 12.1 Å². The maximum absolute atomic E-state index is 13.4. The van der Waals surface area contributed by atoms with Crippen molar-refractivity contribution in [1.82, 2.24) is 0 Å². The molecular formula is C10H5ClFNO2. The maximum atomic E-state index is 13.4. The summed E-state index contributed by atoms with van der Waals surface area (Å²) in [6.07, 6.45) is 1.18. The fourth-order valence-corrected chi connectivity index (χ4v) is 1.52. The largest absolute Gasteiger partial charge is 0.293 e. The van der Waals surface area contributed by atoms with E-state index in [4.69, 9.17) is 11.6 Å². The molecule has 0 saturated carbocycles. The van der Waals surface area contributed by atoms with Crippen LogP contribution in [0.1, 0.15) is 10.4 Å². The Balaban J connectivity index is 2.70. The number of rotatable bonds is 2. The van der Waals surface area contributed by atoms with Crippen LogP contribution in [0.5, 0.6) is 0 Å². The number of Topliss-reactive ketones (excluding diaryl/α,β-unsaturated/α-hetero) is 1. The predicted molar refractivity (Wildman–Crippen MR) is 51.7 cm³/mol. The van der Waals surface area contributed by atoms with E-state index in [-0.39, 0.29) is 22.6 Å². The molecule has 1 aliphatic heterocycles. The molecule has 15 heavy (non-hydrogen) atoms. The number of fused-ring (bicyclic) bond motifs is 1. The minimum atomic E-state index is -0.678. The van der Waals surface area contributed by atoms with E-state index in [1.165, 1.54) is 12.1 Å². The van der Waals surface area contributed by atoms with Crippen molar-refractivity contribution in [3.63, 3.8) is 0 Å². The number of ketones is 1. The third kappa shape index (κ3) is 1.68. The van der Waals surface area contributed by atoms with Crippen molar-refractivity contribution < 1.29 is 14.0 Å². The first kappa shape index (κ1) is 9.98. The number of alkyl halides is 1. The van der Waals surface area contributed by atoms with Crippen LogP contribution < -0.4 is 10.6 Å². The number of carbonyl (C=O) groups is 2. The molecule has 0 spiro atoms. The molecule has 0 fully saturated rings. The summed E-state index contributed by atoms with van der Waals surface area (Å²) in [7, 11) is 0. The van der Waals surface area contributed by atoms with Gasteiger partial charge in [0.25, 0.3) is 5.91 Å². The second-order valence-corrected chi connectivity index (χ2v) is 3.31. The molecule has 1 aromatic carbocycles.